The fraction of sp³-hybridized carbons (Fsp3) is 0.400. The molecule has 1 aliphatic rings. The highest BCUT2D eigenvalue weighted by molar-refractivity contribution is 7.89. The van der Waals surface area contributed by atoms with Gasteiger partial charge in [-0.05, 0) is 42.8 Å². The summed E-state index contributed by atoms with van der Waals surface area (Å²) in [5.74, 6) is -0.859. The zero-order valence-electron chi connectivity index (χ0n) is 20.2. The van der Waals surface area contributed by atoms with Crippen molar-refractivity contribution in [3.05, 3.63) is 63.6 Å². The summed E-state index contributed by atoms with van der Waals surface area (Å²) in [6.07, 6.45) is 1.38. The number of carbonyl (C=O) groups is 2. The van der Waals surface area contributed by atoms with Crippen molar-refractivity contribution in [3.63, 3.8) is 0 Å². The standard InChI is InChI=1S/C25H28Cl2N4O5S/c1-2-3-7-22(30-24(32)18-6-4-5-17(12-18)14-28)25(33)29-15-20-16-31(10-11-36-20)37(34,35)23-9-8-19(26)13-21(23)27/h4-6,8-9,12-13,20,22H,2-3,7,10-11,15-16H2,1H3,(H,29,33)(H,30,32)/t20?,22-/m0/s1. The molecule has 9 nitrogen and oxygen atoms in total. The first-order chi connectivity index (χ1) is 17.6. The van der Waals surface area contributed by atoms with E-state index in [1.165, 1.54) is 28.6 Å². The molecular weight excluding hydrogens is 539 g/mol. The number of hydrogen-bond acceptors (Lipinski definition) is 6. The SMILES string of the molecule is CCCC[C@H](NC(=O)c1cccc(C#N)c1)C(=O)NCC1CN(S(=O)(=O)c2ccc(Cl)cc2Cl)CCO1. The number of rotatable bonds is 10. The third-order valence-electron chi connectivity index (χ3n) is 5.84. The number of nitrogens with one attached hydrogen (secondary N) is 2. The normalized spacial score (nSPS) is 17.0. The van der Waals surface area contributed by atoms with Crippen molar-refractivity contribution < 1.29 is 22.7 Å². The monoisotopic (exact) mass is 566 g/mol. The summed E-state index contributed by atoms with van der Waals surface area (Å²) in [6.45, 7) is 2.35. The highest BCUT2D eigenvalue weighted by Crippen LogP contribution is 2.28. The Morgan fingerprint density at radius 2 is 2.03 bits per heavy atom. The van der Waals surface area contributed by atoms with Crippen molar-refractivity contribution in [1.82, 2.24) is 14.9 Å². The molecule has 0 radical (unpaired) electrons. The molecule has 1 unspecified atom stereocenters. The van der Waals surface area contributed by atoms with Gasteiger partial charge in [0, 0.05) is 30.2 Å². The van der Waals surface area contributed by atoms with E-state index in [2.05, 4.69) is 10.6 Å². The van der Waals surface area contributed by atoms with Crippen LogP contribution in [0.5, 0.6) is 0 Å². The molecule has 2 atom stereocenters. The third-order valence-corrected chi connectivity index (χ3v) is 8.42. The highest BCUT2D eigenvalue weighted by atomic mass is 35.5. The number of morpholine rings is 1. The van der Waals surface area contributed by atoms with Crippen LogP contribution < -0.4 is 10.6 Å². The first-order valence-electron chi connectivity index (χ1n) is 11.8. The van der Waals surface area contributed by atoms with Crippen LogP contribution in [-0.4, -0.2) is 62.9 Å². The number of carbonyl (C=O) groups excluding carboxylic acids is 2. The Balaban J connectivity index is 1.63. The minimum Gasteiger partial charge on any atom is -0.374 e. The maximum absolute atomic E-state index is 13.1. The second-order valence-electron chi connectivity index (χ2n) is 8.54. The molecule has 2 N–H and O–H groups in total. The number of nitrogens with zero attached hydrogens (tertiary/aromatic N) is 2. The Hall–Kier alpha value is -2.68. The molecule has 0 spiro atoms. The minimum atomic E-state index is -3.89. The average Bonchev–Trinajstić information content (AvgIpc) is 2.89. The average molecular weight is 567 g/mol. The Morgan fingerprint density at radius 1 is 1.24 bits per heavy atom. The van der Waals surface area contributed by atoms with Crippen molar-refractivity contribution in [2.75, 3.05) is 26.2 Å². The van der Waals surface area contributed by atoms with Crippen LogP contribution in [-0.2, 0) is 19.6 Å². The molecule has 0 bridgehead atoms. The lowest BCUT2D eigenvalue weighted by atomic mass is 10.1. The van der Waals surface area contributed by atoms with Crippen molar-refractivity contribution in [2.24, 2.45) is 0 Å². The molecule has 198 valence electrons. The second kappa shape index (κ2) is 13.2. The van der Waals surface area contributed by atoms with E-state index < -0.39 is 34.0 Å². The highest BCUT2D eigenvalue weighted by Gasteiger charge is 2.33. The van der Waals surface area contributed by atoms with Gasteiger partial charge in [-0.1, -0.05) is 49.0 Å². The van der Waals surface area contributed by atoms with Gasteiger partial charge >= 0.3 is 0 Å². The minimum absolute atomic E-state index is 0.0223. The van der Waals surface area contributed by atoms with Crippen molar-refractivity contribution >= 4 is 45.0 Å². The summed E-state index contributed by atoms with van der Waals surface area (Å²) in [5, 5.41) is 14.9. The van der Waals surface area contributed by atoms with Gasteiger partial charge in [-0.15, -0.1) is 0 Å². The van der Waals surface area contributed by atoms with Crippen LogP contribution >= 0.6 is 23.2 Å². The van der Waals surface area contributed by atoms with Gasteiger partial charge in [0.25, 0.3) is 5.91 Å². The molecule has 1 saturated heterocycles. The van der Waals surface area contributed by atoms with E-state index in [-0.39, 0.29) is 41.7 Å². The molecule has 0 aromatic heterocycles. The van der Waals surface area contributed by atoms with E-state index in [0.29, 0.717) is 23.4 Å². The van der Waals surface area contributed by atoms with Gasteiger partial charge < -0.3 is 15.4 Å². The molecule has 2 aromatic rings. The first-order valence-corrected chi connectivity index (χ1v) is 14.0. The van der Waals surface area contributed by atoms with Gasteiger partial charge in [0.05, 0.1) is 29.4 Å². The van der Waals surface area contributed by atoms with Crippen molar-refractivity contribution in [3.8, 4) is 6.07 Å². The van der Waals surface area contributed by atoms with Crippen LogP contribution in [0.4, 0.5) is 0 Å². The number of halogens is 2. The van der Waals surface area contributed by atoms with E-state index in [0.717, 1.165) is 6.42 Å². The Morgan fingerprint density at radius 3 is 2.73 bits per heavy atom. The molecule has 0 aliphatic carbocycles. The van der Waals surface area contributed by atoms with Gasteiger partial charge in [-0.3, -0.25) is 9.59 Å². The zero-order valence-corrected chi connectivity index (χ0v) is 22.6. The molecule has 1 aliphatic heterocycles. The fourth-order valence-electron chi connectivity index (χ4n) is 3.84. The maximum atomic E-state index is 13.1. The molecule has 0 saturated carbocycles. The lowest BCUT2D eigenvalue weighted by Crippen LogP contribution is -2.52. The van der Waals surface area contributed by atoms with Crippen LogP contribution in [0.3, 0.4) is 0 Å². The van der Waals surface area contributed by atoms with E-state index in [4.69, 9.17) is 33.2 Å². The van der Waals surface area contributed by atoms with Gasteiger partial charge in [0.15, 0.2) is 0 Å². The Labute approximate surface area is 226 Å². The molecule has 3 rings (SSSR count). The van der Waals surface area contributed by atoms with Crippen molar-refractivity contribution in [1.29, 1.82) is 5.26 Å². The lowest BCUT2D eigenvalue weighted by molar-refractivity contribution is -0.124. The van der Waals surface area contributed by atoms with Crippen LogP contribution in [0.1, 0.15) is 42.1 Å². The van der Waals surface area contributed by atoms with Crippen LogP contribution in [0, 0.1) is 11.3 Å². The smallest absolute Gasteiger partial charge is 0.251 e. The van der Waals surface area contributed by atoms with Gasteiger partial charge in [0.1, 0.15) is 10.9 Å². The van der Waals surface area contributed by atoms with Gasteiger partial charge in [-0.2, -0.15) is 9.57 Å². The fourth-order valence-corrected chi connectivity index (χ4v) is 6.05. The van der Waals surface area contributed by atoms with E-state index in [9.17, 15) is 18.0 Å². The van der Waals surface area contributed by atoms with Crippen LogP contribution in [0.15, 0.2) is 47.4 Å². The number of unbranched alkanes of at least 4 members (excludes halogenated alkanes) is 1. The predicted octanol–water partition coefficient (Wildman–Crippen LogP) is 3.36. The summed E-state index contributed by atoms with van der Waals surface area (Å²) in [4.78, 5) is 25.6. The molecule has 37 heavy (non-hydrogen) atoms. The van der Waals surface area contributed by atoms with Gasteiger partial charge in [-0.25, -0.2) is 8.42 Å². The van der Waals surface area contributed by atoms with Crippen molar-refractivity contribution in [2.45, 2.75) is 43.2 Å². The quantitative estimate of drug-likeness (QED) is 0.453. The summed E-state index contributed by atoms with van der Waals surface area (Å²) in [7, 11) is -3.89. The first kappa shape index (κ1) is 28.9. The molecular formula is C25H28Cl2N4O5S. The Kier molecular flexibility index (Phi) is 10.3. The Bertz CT molecular complexity index is 1280. The topological polar surface area (TPSA) is 129 Å². The molecule has 1 heterocycles. The number of ether oxygens (including phenoxy) is 1. The summed E-state index contributed by atoms with van der Waals surface area (Å²) in [5.41, 5.74) is 0.627. The van der Waals surface area contributed by atoms with Crippen LogP contribution in [0.2, 0.25) is 10.0 Å². The molecule has 1 fully saturated rings. The number of nitriles is 1. The maximum Gasteiger partial charge on any atom is 0.251 e. The largest absolute Gasteiger partial charge is 0.374 e. The number of benzene rings is 2. The molecule has 12 heteroatoms. The van der Waals surface area contributed by atoms with E-state index in [1.807, 2.05) is 13.0 Å². The number of amides is 2. The number of sulfonamides is 1. The lowest BCUT2D eigenvalue weighted by Gasteiger charge is -2.32. The van der Waals surface area contributed by atoms with Gasteiger partial charge in [0.2, 0.25) is 15.9 Å². The molecule has 2 amide bonds. The zero-order chi connectivity index (χ0) is 27.0. The van der Waals surface area contributed by atoms with E-state index in [1.54, 1.807) is 18.2 Å². The summed E-state index contributed by atoms with van der Waals surface area (Å²) < 4.78 is 33.2. The third kappa shape index (κ3) is 7.66. The summed E-state index contributed by atoms with van der Waals surface area (Å²) >= 11 is 12.0. The number of hydrogen-bond donors (Lipinski definition) is 2. The predicted molar refractivity (Wildman–Crippen MR) is 140 cm³/mol. The summed E-state index contributed by atoms with van der Waals surface area (Å²) in [6, 6.07) is 11.6. The second-order valence-corrected chi connectivity index (χ2v) is 11.3. The van der Waals surface area contributed by atoms with E-state index >= 15 is 0 Å². The van der Waals surface area contributed by atoms with Crippen LogP contribution in [0.25, 0.3) is 0 Å². The molecule has 2 aromatic carbocycles.